The molecular weight excluding hydrogens is 494 g/mol. The van der Waals surface area contributed by atoms with Crippen LogP contribution in [0.4, 0.5) is 0 Å². The third kappa shape index (κ3) is 11.1. The number of carbonyl (C=O) groups excluding carboxylic acids is 3. The summed E-state index contributed by atoms with van der Waals surface area (Å²) >= 11 is 0. The third-order valence-electron chi connectivity index (χ3n) is 6.09. The molecule has 1 rings (SSSR count). The van der Waals surface area contributed by atoms with Crippen LogP contribution in [0.2, 0.25) is 0 Å². The second-order valence-corrected chi connectivity index (χ2v) is 9.24. The molecule has 3 amide bonds. The molecule has 13 nitrogen and oxygen atoms in total. The van der Waals surface area contributed by atoms with Gasteiger partial charge in [-0.15, -0.1) is 0 Å². The quantitative estimate of drug-likeness (QED) is 0.0703. The molecule has 13 heteroatoms. The van der Waals surface area contributed by atoms with E-state index in [1.807, 2.05) is 6.92 Å². The Kier molecular flexibility index (Phi) is 13.8. The van der Waals surface area contributed by atoms with Crippen LogP contribution in [0.15, 0.2) is 35.3 Å². The van der Waals surface area contributed by atoms with Crippen molar-refractivity contribution in [3.8, 4) is 0 Å². The van der Waals surface area contributed by atoms with Gasteiger partial charge in [-0.1, -0.05) is 50.6 Å². The van der Waals surface area contributed by atoms with E-state index in [0.717, 1.165) is 5.56 Å². The van der Waals surface area contributed by atoms with Gasteiger partial charge in [0.05, 0.1) is 6.10 Å². The molecule has 0 saturated heterocycles. The first-order valence-electron chi connectivity index (χ1n) is 12.5. The van der Waals surface area contributed by atoms with Crippen LogP contribution < -0.4 is 33.2 Å². The number of aliphatic imine (C=N–C) groups is 1. The van der Waals surface area contributed by atoms with E-state index in [1.165, 1.54) is 6.92 Å². The number of amides is 3. The maximum absolute atomic E-state index is 13.3. The zero-order valence-corrected chi connectivity index (χ0v) is 22.1. The minimum Gasteiger partial charge on any atom is -0.480 e. The van der Waals surface area contributed by atoms with Gasteiger partial charge in [0.15, 0.2) is 5.96 Å². The lowest BCUT2D eigenvalue weighted by molar-refractivity contribution is -0.142. The minimum absolute atomic E-state index is 0.0621. The van der Waals surface area contributed by atoms with Crippen LogP contribution in [0.5, 0.6) is 0 Å². The van der Waals surface area contributed by atoms with Crippen molar-refractivity contribution in [1.82, 2.24) is 16.0 Å². The average Bonchev–Trinajstić information content (AvgIpc) is 2.87. The number of aliphatic hydroxyl groups excluding tert-OH is 1. The maximum atomic E-state index is 13.3. The average molecular weight is 536 g/mol. The van der Waals surface area contributed by atoms with Gasteiger partial charge in [0.25, 0.3) is 0 Å². The van der Waals surface area contributed by atoms with Gasteiger partial charge in [-0.25, -0.2) is 4.79 Å². The highest BCUT2D eigenvalue weighted by atomic mass is 16.4. The predicted octanol–water partition coefficient (Wildman–Crippen LogP) is -1.42. The lowest BCUT2D eigenvalue weighted by atomic mass is 9.96. The topological polar surface area (TPSA) is 235 Å². The van der Waals surface area contributed by atoms with E-state index in [4.69, 9.17) is 17.2 Å². The molecule has 0 saturated carbocycles. The number of carbonyl (C=O) groups is 4. The predicted molar refractivity (Wildman–Crippen MR) is 143 cm³/mol. The normalized spacial score (nSPS) is 15.6. The number of nitrogens with two attached hydrogens (primary N) is 3. The number of benzene rings is 1. The Hall–Kier alpha value is -3.71. The van der Waals surface area contributed by atoms with Gasteiger partial charge in [0, 0.05) is 13.0 Å². The van der Waals surface area contributed by atoms with E-state index < -0.39 is 54.0 Å². The summed E-state index contributed by atoms with van der Waals surface area (Å²) in [4.78, 5) is 54.6. The van der Waals surface area contributed by atoms with Crippen LogP contribution in [0.25, 0.3) is 0 Å². The summed E-state index contributed by atoms with van der Waals surface area (Å²) in [5.74, 6) is -3.75. The van der Waals surface area contributed by atoms with Gasteiger partial charge in [0.2, 0.25) is 17.7 Å². The largest absolute Gasteiger partial charge is 0.480 e. The standard InChI is InChI=1S/C25H41N7O6/c1-4-14(2)20(32-22(35)19(26)15(3)33)23(36)31-18(13-16-9-6-5-7-10-16)21(34)30-17(24(37)38)11-8-12-29-25(27)28/h5-7,9-10,14-15,17-20,33H,4,8,11-13,26H2,1-3H3,(H,30,34)(H,31,36)(H,32,35)(H,37,38)(H4,27,28,29). The van der Waals surface area contributed by atoms with E-state index in [0.29, 0.717) is 12.8 Å². The van der Waals surface area contributed by atoms with Crippen molar-refractivity contribution >= 4 is 29.7 Å². The number of rotatable bonds is 16. The molecule has 1 aromatic carbocycles. The van der Waals surface area contributed by atoms with E-state index >= 15 is 0 Å². The van der Waals surface area contributed by atoms with Gasteiger partial charge < -0.3 is 43.4 Å². The van der Waals surface area contributed by atoms with Crippen LogP contribution in [-0.2, 0) is 25.6 Å². The number of aliphatic hydroxyl groups is 1. The molecule has 6 unspecified atom stereocenters. The number of nitrogens with zero attached hydrogens (tertiary/aromatic N) is 1. The highest BCUT2D eigenvalue weighted by Gasteiger charge is 2.33. The first kappa shape index (κ1) is 32.3. The number of nitrogens with one attached hydrogen (secondary N) is 3. The molecular formula is C25H41N7O6. The smallest absolute Gasteiger partial charge is 0.326 e. The molecule has 1 aromatic rings. The Labute approximate surface area is 222 Å². The van der Waals surface area contributed by atoms with Crippen molar-refractivity contribution < 1.29 is 29.4 Å². The Bertz CT molecular complexity index is 953. The van der Waals surface area contributed by atoms with Crippen molar-refractivity contribution in [2.75, 3.05) is 6.54 Å². The zero-order chi connectivity index (χ0) is 28.8. The molecule has 0 spiro atoms. The fourth-order valence-electron chi connectivity index (χ4n) is 3.52. The molecule has 0 radical (unpaired) electrons. The molecule has 38 heavy (non-hydrogen) atoms. The highest BCUT2D eigenvalue weighted by Crippen LogP contribution is 2.11. The highest BCUT2D eigenvalue weighted by molar-refractivity contribution is 5.94. The number of aliphatic carboxylic acids is 1. The molecule has 11 N–H and O–H groups in total. The van der Waals surface area contributed by atoms with Crippen molar-refractivity contribution in [2.24, 2.45) is 28.1 Å². The van der Waals surface area contributed by atoms with Crippen molar-refractivity contribution in [3.05, 3.63) is 35.9 Å². The summed E-state index contributed by atoms with van der Waals surface area (Å²) in [6.45, 7) is 5.14. The van der Waals surface area contributed by atoms with Crippen LogP contribution in [0.1, 0.15) is 45.6 Å². The molecule has 0 aliphatic heterocycles. The molecule has 0 heterocycles. The number of carboxylic acid groups (broad SMARTS) is 1. The summed E-state index contributed by atoms with van der Waals surface area (Å²) in [5, 5.41) is 27.0. The Morgan fingerprint density at radius 2 is 1.55 bits per heavy atom. The summed E-state index contributed by atoms with van der Waals surface area (Å²) < 4.78 is 0. The van der Waals surface area contributed by atoms with E-state index in [-0.39, 0.29) is 31.3 Å². The van der Waals surface area contributed by atoms with E-state index in [9.17, 15) is 29.4 Å². The molecule has 0 aromatic heterocycles. The molecule has 0 aliphatic carbocycles. The van der Waals surface area contributed by atoms with Crippen LogP contribution in [0, 0.1) is 5.92 Å². The lowest BCUT2D eigenvalue weighted by Gasteiger charge is -2.28. The number of guanidine groups is 1. The zero-order valence-electron chi connectivity index (χ0n) is 22.1. The number of hydrogen-bond acceptors (Lipinski definition) is 7. The van der Waals surface area contributed by atoms with Crippen LogP contribution in [0.3, 0.4) is 0 Å². The first-order chi connectivity index (χ1) is 17.9. The fourth-order valence-corrected chi connectivity index (χ4v) is 3.52. The van der Waals surface area contributed by atoms with Crippen LogP contribution >= 0.6 is 0 Å². The lowest BCUT2D eigenvalue weighted by Crippen LogP contribution is -2.60. The number of carboxylic acids is 1. The number of hydrogen-bond donors (Lipinski definition) is 8. The van der Waals surface area contributed by atoms with Gasteiger partial charge in [-0.3, -0.25) is 19.4 Å². The molecule has 0 aliphatic rings. The first-order valence-corrected chi connectivity index (χ1v) is 12.5. The Morgan fingerprint density at radius 3 is 2.08 bits per heavy atom. The van der Waals surface area contributed by atoms with Gasteiger partial charge >= 0.3 is 5.97 Å². The summed E-state index contributed by atoms with van der Waals surface area (Å²) in [5.41, 5.74) is 17.0. The Balaban J connectivity index is 3.12. The molecule has 6 atom stereocenters. The van der Waals surface area contributed by atoms with Gasteiger partial charge in [-0.2, -0.15) is 0 Å². The van der Waals surface area contributed by atoms with Crippen LogP contribution in [-0.4, -0.2) is 76.7 Å². The monoisotopic (exact) mass is 535 g/mol. The molecule has 212 valence electrons. The van der Waals surface area contributed by atoms with E-state index in [1.54, 1.807) is 37.3 Å². The molecule has 0 fully saturated rings. The maximum Gasteiger partial charge on any atom is 0.326 e. The summed E-state index contributed by atoms with van der Waals surface area (Å²) in [6.07, 6.45) is -0.169. The van der Waals surface area contributed by atoms with Gasteiger partial charge in [-0.05, 0) is 31.2 Å². The van der Waals surface area contributed by atoms with Crippen molar-refractivity contribution in [1.29, 1.82) is 0 Å². The summed E-state index contributed by atoms with van der Waals surface area (Å²) in [7, 11) is 0. The van der Waals surface area contributed by atoms with E-state index in [2.05, 4.69) is 20.9 Å². The summed E-state index contributed by atoms with van der Waals surface area (Å²) in [6, 6.07) is 4.22. The third-order valence-corrected chi connectivity index (χ3v) is 6.09. The second kappa shape index (κ2) is 16.2. The SMILES string of the molecule is CCC(C)C(NC(=O)C(N)C(C)O)C(=O)NC(Cc1ccccc1)C(=O)NC(CCCN=C(N)N)C(=O)O. The Morgan fingerprint density at radius 1 is 0.947 bits per heavy atom. The molecule has 0 bridgehead atoms. The van der Waals surface area contributed by atoms with Crippen molar-refractivity contribution in [3.63, 3.8) is 0 Å². The second-order valence-electron chi connectivity index (χ2n) is 9.24. The fraction of sp³-hybridized carbons (Fsp3) is 0.560. The van der Waals surface area contributed by atoms with Gasteiger partial charge in [0.1, 0.15) is 24.2 Å². The minimum atomic E-state index is -1.25. The van der Waals surface area contributed by atoms with Crippen molar-refractivity contribution in [2.45, 2.75) is 76.7 Å².